The van der Waals surface area contributed by atoms with Gasteiger partial charge in [-0.1, -0.05) is 12.1 Å². The Kier molecular flexibility index (Phi) is 6.84. The lowest BCUT2D eigenvalue weighted by atomic mass is 10.2. The summed E-state index contributed by atoms with van der Waals surface area (Å²) in [7, 11) is -3.92. The molecule has 1 aromatic carbocycles. The maximum absolute atomic E-state index is 12.8. The van der Waals surface area contributed by atoms with Crippen molar-refractivity contribution in [2.24, 2.45) is 0 Å². The summed E-state index contributed by atoms with van der Waals surface area (Å²) < 4.78 is 63.4. The zero-order valence-corrected chi connectivity index (χ0v) is 17.7. The predicted molar refractivity (Wildman–Crippen MR) is 111 cm³/mol. The number of aromatic nitrogens is 1. The van der Waals surface area contributed by atoms with Crippen molar-refractivity contribution in [2.45, 2.75) is 16.1 Å². The maximum Gasteiger partial charge on any atom is 0.416 e. The van der Waals surface area contributed by atoms with Crippen LogP contribution in [0.3, 0.4) is 0 Å². The van der Waals surface area contributed by atoms with Gasteiger partial charge in [0.25, 0.3) is 5.91 Å². The van der Waals surface area contributed by atoms with Crippen LogP contribution in [0.2, 0.25) is 0 Å². The lowest BCUT2D eigenvalue weighted by Gasteiger charge is -2.11. The highest BCUT2D eigenvalue weighted by Crippen LogP contribution is 2.31. The summed E-state index contributed by atoms with van der Waals surface area (Å²) in [5.74, 6) is -0.637. The molecule has 0 fully saturated rings. The van der Waals surface area contributed by atoms with Crippen LogP contribution >= 0.6 is 23.1 Å². The summed E-state index contributed by atoms with van der Waals surface area (Å²) in [5.41, 5.74) is -0.586. The van der Waals surface area contributed by atoms with Gasteiger partial charge in [-0.25, -0.2) is 13.4 Å². The number of halogens is 3. The smallest absolute Gasteiger partial charge is 0.319 e. The van der Waals surface area contributed by atoms with Crippen molar-refractivity contribution in [3.8, 4) is 0 Å². The summed E-state index contributed by atoms with van der Waals surface area (Å²) >= 11 is 2.37. The minimum atomic E-state index is -4.62. The van der Waals surface area contributed by atoms with Crippen LogP contribution in [0.5, 0.6) is 0 Å². The summed E-state index contributed by atoms with van der Waals surface area (Å²) in [6, 6.07) is 10.4. The molecule has 30 heavy (non-hydrogen) atoms. The van der Waals surface area contributed by atoms with Crippen molar-refractivity contribution in [2.75, 3.05) is 16.8 Å². The molecule has 2 heterocycles. The number of thiophene rings is 1. The molecule has 0 saturated heterocycles. The quantitative estimate of drug-likeness (QED) is 0.491. The molecule has 0 aliphatic rings. The van der Waals surface area contributed by atoms with Gasteiger partial charge in [0.1, 0.15) is 5.03 Å². The lowest BCUT2D eigenvalue weighted by molar-refractivity contribution is -0.137. The van der Waals surface area contributed by atoms with Gasteiger partial charge in [0.2, 0.25) is 0 Å². The first-order chi connectivity index (χ1) is 14.2. The molecular formula is C19H15F3N2O3S3. The molecule has 0 aliphatic carbocycles. The number of rotatable bonds is 7. The number of nitrogens with zero attached hydrogens (tertiary/aromatic N) is 1. The third kappa shape index (κ3) is 5.61. The number of benzene rings is 1. The van der Waals surface area contributed by atoms with Gasteiger partial charge >= 0.3 is 6.18 Å². The molecule has 5 nitrogen and oxygen atoms in total. The van der Waals surface area contributed by atoms with E-state index in [1.807, 2.05) is 0 Å². The Morgan fingerprint density at radius 3 is 2.63 bits per heavy atom. The van der Waals surface area contributed by atoms with Crippen LogP contribution in [0.1, 0.15) is 15.2 Å². The van der Waals surface area contributed by atoms with Crippen LogP contribution in [0.4, 0.5) is 18.9 Å². The zero-order chi connectivity index (χ0) is 21.8. The topological polar surface area (TPSA) is 76.1 Å². The molecule has 0 unspecified atom stereocenters. The fourth-order valence-corrected chi connectivity index (χ4v) is 5.69. The number of anilines is 1. The van der Waals surface area contributed by atoms with E-state index in [0.717, 1.165) is 30.0 Å². The van der Waals surface area contributed by atoms with Crippen molar-refractivity contribution in [1.82, 2.24) is 4.98 Å². The number of hydrogen-bond donors (Lipinski definition) is 1. The van der Waals surface area contributed by atoms with Crippen molar-refractivity contribution in [3.63, 3.8) is 0 Å². The van der Waals surface area contributed by atoms with Crippen LogP contribution in [0.15, 0.2) is 70.0 Å². The second-order valence-corrected chi connectivity index (χ2v) is 10.1. The second kappa shape index (κ2) is 9.19. The molecule has 0 aliphatic heterocycles. The summed E-state index contributed by atoms with van der Waals surface area (Å²) in [6.07, 6.45) is -3.12. The SMILES string of the molecule is O=C(Nc1cccnc1SCCS(=O)(=O)c1cccc(C(F)(F)F)c1)c1cccs1. The molecule has 0 radical (unpaired) electrons. The van der Waals surface area contributed by atoms with Gasteiger partial charge in [-0.3, -0.25) is 4.79 Å². The molecule has 0 saturated carbocycles. The number of pyridine rings is 1. The van der Waals surface area contributed by atoms with Crippen molar-refractivity contribution in [1.29, 1.82) is 0 Å². The van der Waals surface area contributed by atoms with E-state index in [0.29, 0.717) is 21.7 Å². The average Bonchev–Trinajstić information content (AvgIpc) is 3.24. The number of nitrogens with one attached hydrogen (secondary N) is 1. The van der Waals surface area contributed by atoms with Crippen LogP contribution in [0, 0.1) is 0 Å². The molecular weight excluding hydrogens is 457 g/mol. The molecule has 0 bridgehead atoms. The number of hydrogen-bond acceptors (Lipinski definition) is 6. The number of carbonyl (C=O) groups is 1. The minimum Gasteiger partial charge on any atom is -0.319 e. The fourth-order valence-electron chi connectivity index (χ4n) is 2.42. The first-order valence-electron chi connectivity index (χ1n) is 8.49. The Labute approximate surface area is 179 Å². The summed E-state index contributed by atoms with van der Waals surface area (Å²) in [6.45, 7) is 0. The highest BCUT2D eigenvalue weighted by atomic mass is 32.2. The Bertz CT molecular complexity index is 1130. The molecule has 1 N–H and O–H groups in total. The van der Waals surface area contributed by atoms with E-state index in [1.54, 1.807) is 29.6 Å². The third-order valence-corrected chi connectivity index (χ3v) is 7.72. The van der Waals surface area contributed by atoms with Gasteiger partial charge in [0.05, 0.1) is 26.8 Å². The lowest BCUT2D eigenvalue weighted by Crippen LogP contribution is -2.13. The minimum absolute atomic E-state index is 0.0530. The summed E-state index contributed by atoms with van der Waals surface area (Å²) in [4.78, 5) is 16.5. The molecule has 1 amide bonds. The Morgan fingerprint density at radius 1 is 1.13 bits per heavy atom. The number of alkyl halides is 3. The van der Waals surface area contributed by atoms with E-state index in [4.69, 9.17) is 0 Å². The molecule has 3 aromatic rings. The van der Waals surface area contributed by atoms with Crippen LogP contribution < -0.4 is 5.32 Å². The maximum atomic E-state index is 12.8. The van der Waals surface area contributed by atoms with Gasteiger partial charge in [-0.05, 0) is 41.8 Å². The van der Waals surface area contributed by atoms with E-state index < -0.39 is 21.6 Å². The molecule has 11 heteroatoms. The third-order valence-electron chi connectivity index (χ3n) is 3.88. The monoisotopic (exact) mass is 472 g/mol. The van der Waals surface area contributed by atoms with Crippen LogP contribution in [-0.4, -0.2) is 30.8 Å². The highest BCUT2D eigenvalue weighted by Gasteiger charge is 2.31. The van der Waals surface area contributed by atoms with Gasteiger partial charge in [0.15, 0.2) is 9.84 Å². The molecule has 158 valence electrons. The zero-order valence-electron chi connectivity index (χ0n) is 15.2. The number of sulfone groups is 1. The predicted octanol–water partition coefficient (Wildman–Crippen LogP) is 4.98. The Hall–Kier alpha value is -2.37. The van der Waals surface area contributed by atoms with E-state index in [2.05, 4.69) is 10.3 Å². The van der Waals surface area contributed by atoms with Crippen molar-refractivity contribution in [3.05, 3.63) is 70.5 Å². The summed E-state index contributed by atoms with van der Waals surface area (Å²) in [5, 5.41) is 4.92. The Balaban J connectivity index is 1.67. The van der Waals surface area contributed by atoms with E-state index in [9.17, 15) is 26.4 Å². The van der Waals surface area contributed by atoms with Gasteiger partial charge in [0, 0.05) is 11.9 Å². The van der Waals surface area contributed by atoms with Crippen molar-refractivity contribution < 1.29 is 26.4 Å². The van der Waals surface area contributed by atoms with Crippen molar-refractivity contribution >= 4 is 44.5 Å². The van der Waals surface area contributed by atoms with Gasteiger partial charge < -0.3 is 5.32 Å². The standard InChI is InChI=1S/C19H15F3N2O3S3/c20-19(21,22)13-4-1-5-14(12-13)30(26,27)11-10-29-18-15(6-2-8-23-18)24-17(25)16-7-3-9-28-16/h1-9,12H,10-11H2,(H,24,25). The second-order valence-electron chi connectivity index (χ2n) is 5.98. The number of thioether (sulfide) groups is 1. The van der Waals surface area contributed by atoms with Gasteiger partial charge in [-0.15, -0.1) is 23.1 Å². The number of carbonyl (C=O) groups excluding carboxylic acids is 1. The Morgan fingerprint density at radius 2 is 1.93 bits per heavy atom. The van der Waals surface area contributed by atoms with E-state index in [-0.39, 0.29) is 22.3 Å². The van der Waals surface area contributed by atoms with E-state index in [1.165, 1.54) is 17.5 Å². The molecule has 3 rings (SSSR count). The average molecular weight is 473 g/mol. The largest absolute Gasteiger partial charge is 0.416 e. The highest BCUT2D eigenvalue weighted by molar-refractivity contribution is 8.00. The first-order valence-corrected chi connectivity index (χ1v) is 12.0. The number of amides is 1. The van der Waals surface area contributed by atoms with Gasteiger partial charge in [-0.2, -0.15) is 13.2 Å². The van der Waals surface area contributed by atoms with E-state index >= 15 is 0 Å². The molecule has 0 spiro atoms. The fraction of sp³-hybridized carbons (Fsp3) is 0.158. The molecule has 2 aromatic heterocycles. The van der Waals surface area contributed by atoms with Crippen LogP contribution in [-0.2, 0) is 16.0 Å². The van der Waals surface area contributed by atoms with Crippen LogP contribution in [0.25, 0.3) is 0 Å². The first kappa shape index (κ1) is 22.3. The normalized spacial score (nSPS) is 12.0. The molecule has 0 atom stereocenters.